The van der Waals surface area contributed by atoms with Gasteiger partial charge in [-0.25, -0.2) is 4.79 Å². The van der Waals surface area contributed by atoms with Gasteiger partial charge in [-0.2, -0.15) is 0 Å². The lowest BCUT2D eigenvalue weighted by molar-refractivity contribution is -0.115. The van der Waals surface area contributed by atoms with Gasteiger partial charge in [-0.3, -0.25) is 14.6 Å². The van der Waals surface area contributed by atoms with E-state index in [2.05, 4.69) is 18.8 Å². The molecular formula is C28H39NO5. The molecule has 1 spiro atoms. The third-order valence-electron chi connectivity index (χ3n) is 7.25. The van der Waals surface area contributed by atoms with Crippen molar-refractivity contribution in [1.82, 2.24) is 0 Å². The molecule has 186 valence electrons. The second-order valence-electron chi connectivity index (χ2n) is 9.70. The van der Waals surface area contributed by atoms with Crippen molar-refractivity contribution in [2.75, 3.05) is 26.9 Å². The van der Waals surface area contributed by atoms with Crippen LogP contribution in [0.3, 0.4) is 0 Å². The van der Waals surface area contributed by atoms with Crippen molar-refractivity contribution in [3.63, 3.8) is 0 Å². The fourth-order valence-corrected chi connectivity index (χ4v) is 5.13. The van der Waals surface area contributed by atoms with Gasteiger partial charge in [0.15, 0.2) is 5.78 Å². The van der Waals surface area contributed by atoms with Crippen LogP contribution in [0, 0.1) is 11.3 Å². The van der Waals surface area contributed by atoms with Crippen LogP contribution in [0.4, 0.5) is 0 Å². The molecule has 0 amide bonds. The van der Waals surface area contributed by atoms with E-state index in [1.807, 2.05) is 0 Å². The topological polar surface area (TPSA) is 82.0 Å². The molecule has 2 aliphatic rings. The molecule has 0 bridgehead atoms. The number of aldehydes is 1. The van der Waals surface area contributed by atoms with E-state index in [1.54, 1.807) is 25.2 Å². The number of ketones is 1. The third-order valence-corrected chi connectivity index (χ3v) is 7.25. The summed E-state index contributed by atoms with van der Waals surface area (Å²) < 4.78 is 11.2. The molecule has 3 rings (SSSR count). The number of ether oxygens (including phenoxy) is 2. The lowest BCUT2D eigenvalue weighted by Crippen LogP contribution is -2.29. The van der Waals surface area contributed by atoms with Crippen molar-refractivity contribution in [2.24, 2.45) is 16.3 Å². The lowest BCUT2D eigenvalue weighted by atomic mass is 9.72. The molecule has 1 fully saturated rings. The zero-order valence-corrected chi connectivity index (χ0v) is 20.7. The van der Waals surface area contributed by atoms with Gasteiger partial charge in [0.1, 0.15) is 6.29 Å². The Hall–Kier alpha value is -2.60. The molecule has 0 unspecified atom stereocenters. The molecule has 34 heavy (non-hydrogen) atoms. The van der Waals surface area contributed by atoms with Crippen LogP contribution in [0.2, 0.25) is 0 Å². The van der Waals surface area contributed by atoms with Crippen LogP contribution in [-0.4, -0.2) is 50.6 Å². The summed E-state index contributed by atoms with van der Waals surface area (Å²) >= 11 is 0. The molecule has 0 saturated carbocycles. The average Bonchev–Trinajstić information content (AvgIpc) is 2.99. The lowest BCUT2D eigenvalue weighted by Gasteiger charge is -2.37. The van der Waals surface area contributed by atoms with Gasteiger partial charge in [-0.15, -0.1) is 0 Å². The average molecular weight is 470 g/mol. The number of esters is 1. The third kappa shape index (κ3) is 6.50. The molecule has 1 saturated heterocycles. The van der Waals surface area contributed by atoms with E-state index in [4.69, 9.17) is 9.47 Å². The minimum Gasteiger partial charge on any atom is -0.462 e. The molecule has 1 atom stereocenters. The van der Waals surface area contributed by atoms with Crippen LogP contribution in [0.1, 0.15) is 87.4 Å². The standard InChI is InChI=1S/C28H37NO5.H2/c1-4-24(29-3)26-23(17-28(11-10-25(26)31)12-14-33-15-13-28)9-8-20(2)19-34-27(32)22-7-5-6-21(16-22)18-30;/h5-7,16,18,20H,4,8-15,17,19H2,1-3H3;1H/t20-;/m1./s1. The first-order chi connectivity index (χ1) is 16.4. The normalized spacial score (nSPS) is 19.6. The van der Waals surface area contributed by atoms with Crippen LogP contribution in [0.15, 0.2) is 40.4 Å². The SMILES string of the molecule is CCC(=NC)C1=C(CC[C@@H](C)COC(=O)c2cccc(C=O)c2)CC2(CCOCC2)CCC1=O.[HH]. The summed E-state index contributed by atoms with van der Waals surface area (Å²) in [5.41, 5.74) is 3.93. The van der Waals surface area contributed by atoms with Crippen LogP contribution < -0.4 is 0 Å². The van der Waals surface area contributed by atoms with E-state index in [-0.39, 0.29) is 18.5 Å². The molecule has 0 aromatic heterocycles. The number of carbonyl (C=O) groups excluding carboxylic acids is 3. The van der Waals surface area contributed by atoms with E-state index in [0.717, 1.165) is 69.4 Å². The van der Waals surface area contributed by atoms with Gasteiger partial charge in [0.05, 0.1) is 12.2 Å². The molecule has 0 N–H and O–H groups in total. The molecule has 6 nitrogen and oxygen atoms in total. The highest BCUT2D eigenvalue weighted by Crippen LogP contribution is 2.45. The fourth-order valence-electron chi connectivity index (χ4n) is 5.13. The Balaban J connectivity index is 0.00000432. The maximum atomic E-state index is 13.2. The number of Topliss-reactive ketones (excluding diaryl/α,β-unsaturated/α-hetero) is 1. The first-order valence-electron chi connectivity index (χ1n) is 12.4. The van der Waals surface area contributed by atoms with E-state index in [9.17, 15) is 14.4 Å². The smallest absolute Gasteiger partial charge is 0.338 e. The monoisotopic (exact) mass is 469 g/mol. The second-order valence-corrected chi connectivity index (χ2v) is 9.70. The summed E-state index contributed by atoms with van der Waals surface area (Å²) in [5, 5.41) is 0. The quantitative estimate of drug-likeness (QED) is 0.265. The summed E-state index contributed by atoms with van der Waals surface area (Å²) in [6.45, 7) is 5.93. The molecule has 1 aromatic carbocycles. The Morgan fingerprint density at radius 3 is 2.74 bits per heavy atom. The van der Waals surface area contributed by atoms with Crippen LogP contribution in [0.5, 0.6) is 0 Å². The number of nitrogens with zero attached hydrogens (tertiary/aromatic N) is 1. The van der Waals surface area contributed by atoms with Crippen molar-refractivity contribution in [3.05, 3.63) is 46.5 Å². The highest BCUT2D eigenvalue weighted by atomic mass is 16.5. The van der Waals surface area contributed by atoms with Crippen molar-refractivity contribution in [2.45, 2.75) is 65.2 Å². The molecule has 1 aromatic rings. The summed E-state index contributed by atoms with van der Waals surface area (Å²) in [4.78, 5) is 41.1. The zero-order valence-electron chi connectivity index (χ0n) is 20.7. The predicted octanol–water partition coefficient (Wildman–Crippen LogP) is 5.65. The van der Waals surface area contributed by atoms with E-state index in [1.165, 1.54) is 11.6 Å². The van der Waals surface area contributed by atoms with E-state index >= 15 is 0 Å². The Morgan fingerprint density at radius 1 is 1.29 bits per heavy atom. The summed E-state index contributed by atoms with van der Waals surface area (Å²) in [6, 6.07) is 6.52. The molecule has 6 heteroatoms. The summed E-state index contributed by atoms with van der Waals surface area (Å²) in [5.74, 6) is -0.0674. The summed E-state index contributed by atoms with van der Waals surface area (Å²) in [7, 11) is 1.77. The van der Waals surface area contributed by atoms with Gasteiger partial charge >= 0.3 is 5.97 Å². The number of rotatable bonds is 9. The highest BCUT2D eigenvalue weighted by molar-refractivity contribution is 6.23. The van der Waals surface area contributed by atoms with Crippen molar-refractivity contribution >= 4 is 23.8 Å². The van der Waals surface area contributed by atoms with Gasteiger partial charge < -0.3 is 9.47 Å². The Kier molecular flexibility index (Phi) is 9.34. The van der Waals surface area contributed by atoms with Crippen LogP contribution in [-0.2, 0) is 14.3 Å². The second kappa shape index (κ2) is 12.2. The minimum atomic E-state index is -0.423. The first kappa shape index (κ1) is 26.0. The predicted molar refractivity (Wildman–Crippen MR) is 135 cm³/mol. The molecule has 1 heterocycles. The number of hydrogen-bond donors (Lipinski definition) is 0. The van der Waals surface area contributed by atoms with Crippen molar-refractivity contribution in [3.8, 4) is 0 Å². The largest absolute Gasteiger partial charge is 0.462 e. The van der Waals surface area contributed by atoms with E-state index in [0.29, 0.717) is 30.4 Å². The van der Waals surface area contributed by atoms with Gasteiger partial charge in [0.2, 0.25) is 0 Å². The number of hydrogen-bond acceptors (Lipinski definition) is 6. The number of aliphatic imine (C=N–C) groups is 1. The number of allylic oxidation sites excluding steroid dienone is 2. The molecule has 1 aliphatic heterocycles. The Morgan fingerprint density at radius 2 is 2.06 bits per heavy atom. The van der Waals surface area contributed by atoms with Gasteiger partial charge in [-0.1, -0.05) is 31.6 Å². The van der Waals surface area contributed by atoms with Crippen LogP contribution in [0.25, 0.3) is 0 Å². The van der Waals surface area contributed by atoms with Gasteiger partial charge in [-0.05, 0) is 68.4 Å². The van der Waals surface area contributed by atoms with Gasteiger partial charge in [0, 0.05) is 45.0 Å². The molecule has 1 aliphatic carbocycles. The Labute approximate surface area is 204 Å². The minimum absolute atomic E-state index is 0. The zero-order chi connectivity index (χ0) is 24.6. The summed E-state index contributed by atoms with van der Waals surface area (Å²) in [6.07, 6.45) is 7.47. The van der Waals surface area contributed by atoms with Crippen molar-refractivity contribution in [1.29, 1.82) is 0 Å². The maximum absolute atomic E-state index is 13.2. The van der Waals surface area contributed by atoms with Crippen molar-refractivity contribution < 1.29 is 25.3 Å². The Bertz CT molecular complexity index is 962. The van der Waals surface area contributed by atoms with Crippen LogP contribution >= 0.6 is 0 Å². The molecular weight excluding hydrogens is 430 g/mol. The molecule has 0 radical (unpaired) electrons. The fraction of sp³-hybridized carbons (Fsp3) is 0.571. The van der Waals surface area contributed by atoms with E-state index < -0.39 is 5.97 Å². The maximum Gasteiger partial charge on any atom is 0.338 e. The highest BCUT2D eigenvalue weighted by Gasteiger charge is 2.38. The first-order valence-corrected chi connectivity index (χ1v) is 12.4. The van der Waals surface area contributed by atoms with Gasteiger partial charge in [0.25, 0.3) is 0 Å². The number of carbonyl (C=O) groups is 3. The number of benzene rings is 1.